The van der Waals surface area contributed by atoms with Gasteiger partial charge in [-0.2, -0.15) is 4.99 Å². The Balaban J connectivity index is 1.99. The number of rotatable bonds is 4. The molecule has 0 saturated carbocycles. The van der Waals surface area contributed by atoms with Crippen molar-refractivity contribution in [3.05, 3.63) is 40.8 Å². The molecule has 3 N–H and O–H groups in total. The van der Waals surface area contributed by atoms with Gasteiger partial charge in [0.1, 0.15) is 0 Å². The maximum atomic E-state index is 11.8. The Kier molecular flexibility index (Phi) is 4.95. The topological polar surface area (TPSA) is 111 Å². The van der Waals surface area contributed by atoms with Gasteiger partial charge >= 0.3 is 5.97 Å². The van der Waals surface area contributed by atoms with Gasteiger partial charge in [0.2, 0.25) is 5.91 Å². The predicted octanol–water partition coefficient (Wildman–Crippen LogP) is 1.27. The molecule has 1 aliphatic rings. The van der Waals surface area contributed by atoms with Crippen LogP contribution in [0.5, 0.6) is 0 Å². The monoisotopic (exact) mass is 319 g/mol. The average Bonchev–Trinajstić information content (AvgIpc) is 2.77. The van der Waals surface area contributed by atoms with Crippen LogP contribution in [-0.4, -0.2) is 29.6 Å². The van der Waals surface area contributed by atoms with Crippen LogP contribution < -0.4 is 11.1 Å². The molecule has 22 heavy (non-hydrogen) atoms. The lowest BCUT2D eigenvalue weighted by molar-refractivity contribution is -0.115. The third kappa shape index (κ3) is 3.95. The number of anilines is 1. The van der Waals surface area contributed by atoms with Gasteiger partial charge in [0.05, 0.1) is 17.1 Å². The highest BCUT2D eigenvalue weighted by molar-refractivity contribution is 8.18. The number of ether oxygens (including phenoxy) is 1. The number of carbonyl (C=O) groups is 3. The first kappa shape index (κ1) is 15.8. The molecule has 0 spiro atoms. The summed E-state index contributed by atoms with van der Waals surface area (Å²) in [4.78, 5) is 38.3. The summed E-state index contributed by atoms with van der Waals surface area (Å²) >= 11 is 0.942. The van der Waals surface area contributed by atoms with Crippen molar-refractivity contribution in [3.63, 3.8) is 0 Å². The van der Waals surface area contributed by atoms with Crippen LogP contribution >= 0.6 is 11.8 Å². The second-order valence-electron chi connectivity index (χ2n) is 4.15. The highest BCUT2D eigenvalue weighted by Crippen LogP contribution is 2.23. The Hall–Kier alpha value is -2.61. The molecule has 1 aromatic carbocycles. The summed E-state index contributed by atoms with van der Waals surface area (Å²) in [5, 5.41) is 2.69. The zero-order valence-corrected chi connectivity index (χ0v) is 12.5. The van der Waals surface area contributed by atoms with E-state index in [1.165, 1.54) is 12.1 Å². The minimum atomic E-state index is -0.532. The van der Waals surface area contributed by atoms with Crippen molar-refractivity contribution in [2.45, 2.75) is 6.92 Å². The molecular formula is C14H13N3O4S. The van der Waals surface area contributed by atoms with Crippen molar-refractivity contribution in [1.82, 2.24) is 0 Å². The number of amidine groups is 1. The van der Waals surface area contributed by atoms with Gasteiger partial charge in [-0.15, -0.1) is 0 Å². The summed E-state index contributed by atoms with van der Waals surface area (Å²) in [6, 6.07) is 6.21. The number of nitrogens with two attached hydrogens (primary N) is 1. The Morgan fingerprint density at radius 1 is 1.36 bits per heavy atom. The molecule has 0 atom stereocenters. The molecule has 7 nitrogen and oxygen atoms in total. The molecule has 114 valence electrons. The molecule has 0 aromatic heterocycles. The largest absolute Gasteiger partial charge is 0.462 e. The summed E-state index contributed by atoms with van der Waals surface area (Å²) in [6.45, 7) is 2.01. The third-order valence-corrected chi connectivity index (χ3v) is 3.38. The quantitative estimate of drug-likeness (QED) is 0.639. The summed E-state index contributed by atoms with van der Waals surface area (Å²) in [5.41, 5.74) is 6.26. The predicted molar refractivity (Wildman–Crippen MR) is 83.3 cm³/mol. The standard InChI is InChI=1S/C14H13N3O4S/c1-2-21-13(20)8-3-5-9(6-4-8)16-11(18)7-10-12(19)17-14(15)22-10/h3-7H,2H2,1H3,(H,16,18)(H2,15,17,19)/b10-7-. The lowest BCUT2D eigenvalue weighted by atomic mass is 10.2. The fourth-order valence-electron chi connectivity index (χ4n) is 1.63. The van der Waals surface area contributed by atoms with E-state index in [0.29, 0.717) is 17.9 Å². The first-order valence-corrected chi connectivity index (χ1v) is 7.17. The molecule has 0 fully saturated rings. The number of benzene rings is 1. The number of amides is 2. The van der Waals surface area contributed by atoms with Crippen LogP contribution in [0, 0.1) is 0 Å². The summed E-state index contributed by atoms with van der Waals surface area (Å²) < 4.78 is 4.86. The minimum absolute atomic E-state index is 0.114. The highest BCUT2D eigenvalue weighted by atomic mass is 32.2. The number of carbonyl (C=O) groups excluding carboxylic acids is 3. The fraction of sp³-hybridized carbons (Fsp3) is 0.143. The third-order valence-electron chi connectivity index (χ3n) is 2.56. The van der Waals surface area contributed by atoms with E-state index in [9.17, 15) is 14.4 Å². The first-order chi connectivity index (χ1) is 10.5. The fourth-order valence-corrected chi connectivity index (χ4v) is 2.28. The van der Waals surface area contributed by atoms with Gasteiger partial charge in [-0.05, 0) is 43.0 Å². The van der Waals surface area contributed by atoms with Crippen LogP contribution in [0.4, 0.5) is 5.69 Å². The van der Waals surface area contributed by atoms with Gasteiger partial charge in [0, 0.05) is 11.8 Å². The number of esters is 1. The van der Waals surface area contributed by atoms with E-state index in [1.54, 1.807) is 19.1 Å². The Morgan fingerprint density at radius 3 is 2.59 bits per heavy atom. The van der Waals surface area contributed by atoms with Crippen LogP contribution in [0.2, 0.25) is 0 Å². The van der Waals surface area contributed by atoms with Gasteiger partial charge in [0.15, 0.2) is 5.17 Å². The molecule has 0 aliphatic carbocycles. The van der Waals surface area contributed by atoms with Gasteiger partial charge in [-0.25, -0.2) is 4.79 Å². The van der Waals surface area contributed by atoms with Crippen LogP contribution in [0.25, 0.3) is 0 Å². The molecule has 0 unspecified atom stereocenters. The maximum Gasteiger partial charge on any atom is 0.338 e. The van der Waals surface area contributed by atoms with Crippen LogP contribution in [0.1, 0.15) is 17.3 Å². The van der Waals surface area contributed by atoms with Crippen molar-refractivity contribution < 1.29 is 19.1 Å². The van der Waals surface area contributed by atoms with Crippen molar-refractivity contribution in [2.24, 2.45) is 10.7 Å². The van der Waals surface area contributed by atoms with Gasteiger partial charge < -0.3 is 15.8 Å². The maximum absolute atomic E-state index is 11.8. The molecule has 8 heteroatoms. The van der Waals surface area contributed by atoms with E-state index >= 15 is 0 Å². The molecule has 2 amide bonds. The number of hydrogen-bond donors (Lipinski definition) is 2. The number of nitrogens with one attached hydrogen (secondary N) is 1. The van der Waals surface area contributed by atoms with Gasteiger partial charge in [-0.3, -0.25) is 9.59 Å². The molecule has 0 radical (unpaired) electrons. The number of nitrogens with zero attached hydrogens (tertiary/aromatic N) is 1. The van der Waals surface area contributed by atoms with Gasteiger partial charge in [0.25, 0.3) is 5.91 Å². The van der Waals surface area contributed by atoms with Crippen molar-refractivity contribution in [2.75, 3.05) is 11.9 Å². The molecule has 0 saturated heterocycles. The molecule has 1 aliphatic heterocycles. The van der Waals surface area contributed by atoms with E-state index in [-0.39, 0.29) is 10.1 Å². The van der Waals surface area contributed by atoms with Crippen LogP contribution in [-0.2, 0) is 14.3 Å². The highest BCUT2D eigenvalue weighted by Gasteiger charge is 2.20. The van der Waals surface area contributed by atoms with Crippen LogP contribution in [0.15, 0.2) is 40.2 Å². The normalized spacial score (nSPS) is 15.6. The van der Waals surface area contributed by atoms with E-state index < -0.39 is 17.8 Å². The SMILES string of the molecule is CCOC(=O)c1ccc(NC(=O)/C=C2\SC(N)=NC2=O)cc1. The lowest BCUT2D eigenvalue weighted by Gasteiger charge is -2.05. The van der Waals surface area contributed by atoms with Crippen molar-refractivity contribution in [1.29, 1.82) is 0 Å². The number of hydrogen-bond acceptors (Lipinski definition) is 6. The zero-order chi connectivity index (χ0) is 16.1. The number of thioether (sulfide) groups is 1. The average molecular weight is 319 g/mol. The molecule has 0 bridgehead atoms. The molecule has 1 heterocycles. The first-order valence-electron chi connectivity index (χ1n) is 6.36. The smallest absolute Gasteiger partial charge is 0.338 e. The van der Waals surface area contributed by atoms with E-state index in [2.05, 4.69) is 10.3 Å². The van der Waals surface area contributed by atoms with E-state index in [4.69, 9.17) is 10.5 Å². The Labute approximate surface area is 130 Å². The van der Waals surface area contributed by atoms with E-state index in [1.807, 2.05) is 0 Å². The lowest BCUT2D eigenvalue weighted by Crippen LogP contribution is -2.10. The summed E-state index contributed by atoms with van der Waals surface area (Å²) in [6.07, 6.45) is 1.13. The van der Waals surface area contributed by atoms with Crippen LogP contribution in [0.3, 0.4) is 0 Å². The summed E-state index contributed by atoms with van der Waals surface area (Å²) in [7, 11) is 0. The minimum Gasteiger partial charge on any atom is -0.462 e. The molecule has 1 aromatic rings. The Bertz CT molecular complexity index is 680. The second-order valence-corrected chi connectivity index (χ2v) is 5.22. The summed E-state index contributed by atoms with van der Waals surface area (Å²) in [5.74, 6) is -1.44. The van der Waals surface area contributed by atoms with E-state index in [0.717, 1.165) is 17.8 Å². The second kappa shape index (κ2) is 6.90. The molecular weight excluding hydrogens is 306 g/mol. The van der Waals surface area contributed by atoms with Gasteiger partial charge in [-0.1, -0.05) is 0 Å². The van der Waals surface area contributed by atoms with Crippen molar-refractivity contribution in [3.8, 4) is 0 Å². The number of aliphatic imine (C=N–C) groups is 1. The van der Waals surface area contributed by atoms with Crippen molar-refractivity contribution >= 4 is 40.4 Å². The zero-order valence-electron chi connectivity index (χ0n) is 11.7. The Morgan fingerprint density at radius 2 is 2.05 bits per heavy atom. The molecule has 2 rings (SSSR count).